The zero-order chi connectivity index (χ0) is 15.6. The quantitative estimate of drug-likeness (QED) is 0.683. The number of hydrogen-bond acceptors (Lipinski definition) is 5. The van der Waals surface area contributed by atoms with Crippen LogP contribution in [0, 0.1) is 27.4 Å². The number of nitrogens with one attached hydrogen (secondary N) is 1. The van der Waals surface area contributed by atoms with Gasteiger partial charge in [0.1, 0.15) is 6.07 Å². The minimum Gasteiger partial charge on any atom is -0.381 e. The molecule has 0 spiro atoms. The van der Waals surface area contributed by atoms with Gasteiger partial charge < -0.3 is 10.2 Å². The summed E-state index contributed by atoms with van der Waals surface area (Å²) in [5.41, 5.74) is 0.946. The summed E-state index contributed by atoms with van der Waals surface area (Å²) in [5, 5.41) is 23.4. The third-order valence-electron chi connectivity index (χ3n) is 4.29. The SMILES string of the molecule is CC1CN(C)C(C)CC1Nc1ccc([N+](=O)[O-])cc1C#N. The molecule has 0 aromatic heterocycles. The zero-order valence-corrected chi connectivity index (χ0v) is 12.5. The van der Waals surface area contributed by atoms with Crippen LogP contribution in [0.15, 0.2) is 18.2 Å². The minimum atomic E-state index is -0.481. The molecule has 1 fully saturated rings. The third kappa shape index (κ3) is 3.31. The molecule has 1 aliphatic heterocycles. The number of hydrogen-bond donors (Lipinski definition) is 1. The Kier molecular flexibility index (Phi) is 4.43. The average Bonchev–Trinajstić information content (AvgIpc) is 2.44. The minimum absolute atomic E-state index is 0.0538. The number of rotatable bonds is 3. The van der Waals surface area contributed by atoms with Crippen LogP contribution in [0.25, 0.3) is 0 Å². The smallest absolute Gasteiger partial charge is 0.270 e. The van der Waals surface area contributed by atoms with Gasteiger partial charge in [-0.25, -0.2) is 0 Å². The summed E-state index contributed by atoms with van der Waals surface area (Å²) in [7, 11) is 2.12. The first-order valence-corrected chi connectivity index (χ1v) is 7.07. The van der Waals surface area contributed by atoms with Crippen molar-refractivity contribution in [2.45, 2.75) is 32.4 Å². The largest absolute Gasteiger partial charge is 0.381 e. The summed E-state index contributed by atoms with van der Waals surface area (Å²) in [6.45, 7) is 5.35. The van der Waals surface area contributed by atoms with E-state index >= 15 is 0 Å². The number of nitriles is 1. The molecule has 1 N–H and O–H groups in total. The van der Waals surface area contributed by atoms with Crippen molar-refractivity contribution in [2.24, 2.45) is 5.92 Å². The Hall–Kier alpha value is -2.13. The lowest BCUT2D eigenvalue weighted by Gasteiger charge is -2.40. The van der Waals surface area contributed by atoms with E-state index in [1.807, 2.05) is 6.07 Å². The Balaban J connectivity index is 2.20. The maximum Gasteiger partial charge on any atom is 0.270 e. The second kappa shape index (κ2) is 6.10. The number of nitrogens with zero attached hydrogens (tertiary/aromatic N) is 3. The van der Waals surface area contributed by atoms with Gasteiger partial charge in [-0.3, -0.25) is 10.1 Å². The van der Waals surface area contributed by atoms with Crippen molar-refractivity contribution < 1.29 is 4.92 Å². The van der Waals surface area contributed by atoms with Crippen molar-refractivity contribution in [3.05, 3.63) is 33.9 Å². The van der Waals surface area contributed by atoms with Crippen molar-refractivity contribution >= 4 is 11.4 Å². The molecule has 2 rings (SSSR count). The predicted molar refractivity (Wildman–Crippen MR) is 81.1 cm³/mol. The molecule has 1 heterocycles. The molecule has 1 aromatic carbocycles. The lowest BCUT2D eigenvalue weighted by atomic mass is 9.89. The number of nitro benzene ring substituents is 1. The molecule has 3 atom stereocenters. The van der Waals surface area contributed by atoms with Gasteiger partial charge in [0.25, 0.3) is 5.69 Å². The summed E-state index contributed by atoms with van der Waals surface area (Å²) in [6.07, 6.45) is 0.986. The Morgan fingerprint density at radius 2 is 2.19 bits per heavy atom. The van der Waals surface area contributed by atoms with E-state index in [0.717, 1.165) is 13.0 Å². The monoisotopic (exact) mass is 288 g/mol. The van der Waals surface area contributed by atoms with E-state index in [9.17, 15) is 15.4 Å². The van der Waals surface area contributed by atoms with Crippen LogP contribution in [0.2, 0.25) is 0 Å². The molecule has 21 heavy (non-hydrogen) atoms. The van der Waals surface area contributed by atoms with E-state index in [2.05, 4.69) is 31.1 Å². The molecule has 1 aliphatic rings. The van der Waals surface area contributed by atoms with Gasteiger partial charge in [0.05, 0.1) is 16.2 Å². The summed E-state index contributed by atoms with van der Waals surface area (Å²) < 4.78 is 0. The number of non-ortho nitro benzene ring substituents is 1. The molecule has 0 amide bonds. The Morgan fingerprint density at radius 1 is 1.48 bits per heavy atom. The van der Waals surface area contributed by atoms with Gasteiger partial charge in [-0.05, 0) is 32.4 Å². The van der Waals surface area contributed by atoms with Crippen molar-refractivity contribution in [1.29, 1.82) is 5.26 Å². The van der Waals surface area contributed by atoms with Crippen LogP contribution in [-0.2, 0) is 0 Å². The highest BCUT2D eigenvalue weighted by atomic mass is 16.6. The van der Waals surface area contributed by atoms with Crippen LogP contribution >= 0.6 is 0 Å². The predicted octanol–water partition coefficient (Wildman–Crippen LogP) is 2.61. The molecular formula is C15H20N4O2. The average molecular weight is 288 g/mol. The van der Waals surface area contributed by atoms with E-state index in [4.69, 9.17) is 0 Å². The van der Waals surface area contributed by atoms with Gasteiger partial charge >= 0.3 is 0 Å². The molecule has 112 valence electrons. The molecule has 0 bridgehead atoms. The van der Waals surface area contributed by atoms with E-state index in [0.29, 0.717) is 23.2 Å². The molecule has 3 unspecified atom stereocenters. The standard InChI is InChI=1S/C15H20N4O2/c1-10-9-18(3)11(2)6-15(10)17-14-5-4-13(19(20)21)7-12(14)8-16/h4-5,7,10-11,15,17H,6,9H2,1-3H3. The summed E-state index contributed by atoms with van der Waals surface area (Å²) >= 11 is 0. The number of likely N-dealkylation sites (tertiary alicyclic amines) is 1. The second-order valence-electron chi connectivity index (χ2n) is 5.85. The molecule has 1 saturated heterocycles. The molecule has 1 aromatic rings. The first-order valence-electron chi connectivity index (χ1n) is 7.07. The Bertz CT molecular complexity index is 582. The van der Waals surface area contributed by atoms with Gasteiger partial charge in [0, 0.05) is 30.8 Å². The van der Waals surface area contributed by atoms with Gasteiger partial charge in [-0.15, -0.1) is 0 Å². The highest BCUT2D eigenvalue weighted by Gasteiger charge is 2.29. The van der Waals surface area contributed by atoms with E-state index in [-0.39, 0.29) is 11.7 Å². The van der Waals surface area contributed by atoms with Crippen molar-refractivity contribution in [1.82, 2.24) is 4.90 Å². The maximum absolute atomic E-state index is 10.8. The van der Waals surface area contributed by atoms with Crippen molar-refractivity contribution in [2.75, 3.05) is 18.9 Å². The van der Waals surface area contributed by atoms with Crippen LogP contribution in [0.1, 0.15) is 25.8 Å². The lowest BCUT2D eigenvalue weighted by molar-refractivity contribution is -0.384. The fourth-order valence-corrected chi connectivity index (χ4v) is 2.81. The fourth-order valence-electron chi connectivity index (χ4n) is 2.81. The van der Waals surface area contributed by atoms with Crippen molar-refractivity contribution in [3.63, 3.8) is 0 Å². The van der Waals surface area contributed by atoms with E-state index < -0.39 is 4.92 Å². The zero-order valence-electron chi connectivity index (χ0n) is 12.5. The van der Waals surface area contributed by atoms with Gasteiger partial charge in [0.2, 0.25) is 0 Å². The first kappa shape index (κ1) is 15.3. The second-order valence-corrected chi connectivity index (χ2v) is 5.85. The highest BCUT2D eigenvalue weighted by Crippen LogP contribution is 2.27. The van der Waals surface area contributed by atoms with E-state index in [1.54, 1.807) is 6.07 Å². The Morgan fingerprint density at radius 3 is 2.81 bits per heavy atom. The van der Waals surface area contributed by atoms with Gasteiger partial charge in [-0.2, -0.15) is 5.26 Å². The third-order valence-corrected chi connectivity index (χ3v) is 4.29. The number of anilines is 1. The molecule has 6 nitrogen and oxygen atoms in total. The van der Waals surface area contributed by atoms with Crippen LogP contribution in [0.5, 0.6) is 0 Å². The topological polar surface area (TPSA) is 82.2 Å². The highest BCUT2D eigenvalue weighted by molar-refractivity contribution is 5.61. The van der Waals surface area contributed by atoms with Crippen LogP contribution in [0.3, 0.4) is 0 Å². The summed E-state index contributed by atoms with van der Waals surface area (Å²) in [4.78, 5) is 12.6. The number of nitro groups is 1. The summed E-state index contributed by atoms with van der Waals surface area (Å²) in [6, 6.07) is 7.17. The molecule has 0 radical (unpaired) electrons. The molecule has 0 aliphatic carbocycles. The van der Waals surface area contributed by atoms with Gasteiger partial charge in [-0.1, -0.05) is 6.92 Å². The fraction of sp³-hybridized carbons (Fsp3) is 0.533. The van der Waals surface area contributed by atoms with Crippen LogP contribution in [0.4, 0.5) is 11.4 Å². The number of benzene rings is 1. The van der Waals surface area contributed by atoms with Crippen LogP contribution < -0.4 is 5.32 Å². The first-order chi connectivity index (χ1) is 9.92. The summed E-state index contributed by atoms with van der Waals surface area (Å²) in [5.74, 6) is 0.452. The van der Waals surface area contributed by atoms with Gasteiger partial charge in [0.15, 0.2) is 0 Å². The normalized spacial score (nSPS) is 26.1. The maximum atomic E-state index is 10.8. The molecular weight excluding hydrogens is 268 g/mol. The lowest BCUT2D eigenvalue weighted by Crippen LogP contribution is -2.48. The van der Waals surface area contributed by atoms with E-state index in [1.165, 1.54) is 12.1 Å². The molecule has 0 saturated carbocycles. The van der Waals surface area contributed by atoms with Crippen molar-refractivity contribution in [3.8, 4) is 6.07 Å². The number of piperidine rings is 1. The molecule has 6 heteroatoms. The van der Waals surface area contributed by atoms with Crippen LogP contribution in [-0.4, -0.2) is 35.5 Å². The Labute approximate surface area is 124 Å².